The molecular weight excluding hydrogens is 500 g/mol. The van der Waals surface area contributed by atoms with Gasteiger partial charge < -0.3 is 39.7 Å². The van der Waals surface area contributed by atoms with Crippen LogP contribution < -0.4 is 40.4 Å². The zero-order chi connectivity index (χ0) is 27.8. The van der Waals surface area contributed by atoms with Crippen LogP contribution in [0.1, 0.15) is 36.8 Å². The number of hydrazine groups is 1. The van der Waals surface area contributed by atoms with Gasteiger partial charge in [-0.15, -0.1) is 0 Å². The minimum Gasteiger partial charge on any atom is -0.497 e. The lowest BCUT2D eigenvalue weighted by atomic mass is 9.92. The molecular formula is C28H38N6O5. The molecule has 0 aliphatic heterocycles. The Morgan fingerprint density at radius 3 is 1.97 bits per heavy atom. The van der Waals surface area contributed by atoms with E-state index >= 15 is 0 Å². The maximum atomic E-state index is 10.5. The van der Waals surface area contributed by atoms with Crippen LogP contribution in [0.15, 0.2) is 42.7 Å². The van der Waals surface area contributed by atoms with Crippen molar-refractivity contribution < 1.29 is 24.1 Å². The van der Waals surface area contributed by atoms with Crippen LogP contribution in [0.5, 0.6) is 23.0 Å². The minimum atomic E-state index is -0.453. The molecule has 4 rings (SSSR count). The summed E-state index contributed by atoms with van der Waals surface area (Å²) in [7, 11) is 6.50. The van der Waals surface area contributed by atoms with Crippen molar-refractivity contribution in [3.63, 3.8) is 0 Å². The molecule has 0 spiro atoms. The summed E-state index contributed by atoms with van der Waals surface area (Å²) >= 11 is 0. The number of aliphatic hydroxyl groups excluding tert-OH is 1. The Labute approximate surface area is 229 Å². The lowest BCUT2D eigenvalue weighted by molar-refractivity contribution is 0.116. The molecule has 1 aliphatic rings. The Balaban J connectivity index is 1.75. The first-order chi connectivity index (χ1) is 19.0. The van der Waals surface area contributed by atoms with Gasteiger partial charge >= 0.3 is 0 Å². The van der Waals surface area contributed by atoms with Gasteiger partial charge in [0.15, 0.2) is 11.6 Å². The molecule has 1 aliphatic carbocycles. The zero-order valence-corrected chi connectivity index (χ0v) is 22.9. The highest BCUT2D eigenvalue weighted by atomic mass is 16.5. The number of hydrogen-bond donors (Lipinski definition) is 4. The van der Waals surface area contributed by atoms with E-state index in [0.29, 0.717) is 53.4 Å². The van der Waals surface area contributed by atoms with Crippen LogP contribution in [0, 0.1) is 0 Å². The number of aliphatic hydroxyl groups is 1. The van der Waals surface area contributed by atoms with Crippen molar-refractivity contribution in [2.75, 3.05) is 44.1 Å². The van der Waals surface area contributed by atoms with Crippen molar-refractivity contribution in [2.45, 2.75) is 50.9 Å². The Kier molecular flexibility index (Phi) is 9.50. The Morgan fingerprint density at radius 2 is 1.46 bits per heavy atom. The molecule has 1 saturated carbocycles. The fraction of sp³-hybridized carbons (Fsp3) is 0.429. The standard InChI is InChI=1S/C28H38N6O5/c1-36-20-11-9-18(24(13-20)38-3)15-34(16-19-10-12-21(37-2)14-25(19)39-4)28-26(33-29)27(30-17-31-28)32-22-7-5-6-8-23(22)35/h9-14,17,22-23,33,35H,5-8,15-16,29H2,1-4H3,(H,30,31,32). The molecule has 0 saturated heterocycles. The number of benzene rings is 2. The van der Waals surface area contributed by atoms with Gasteiger partial charge in [0.05, 0.1) is 40.6 Å². The highest BCUT2D eigenvalue weighted by Gasteiger charge is 2.26. The van der Waals surface area contributed by atoms with E-state index in [2.05, 4.69) is 25.6 Å². The second kappa shape index (κ2) is 13.2. The molecule has 0 bridgehead atoms. The normalized spacial score (nSPS) is 16.8. The summed E-state index contributed by atoms with van der Waals surface area (Å²) in [5.41, 5.74) is 5.17. The highest BCUT2D eigenvalue weighted by molar-refractivity contribution is 5.77. The molecule has 2 unspecified atom stereocenters. The van der Waals surface area contributed by atoms with Gasteiger partial charge in [-0.25, -0.2) is 9.97 Å². The first-order valence-corrected chi connectivity index (χ1v) is 12.9. The summed E-state index contributed by atoms with van der Waals surface area (Å²) < 4.78 is 22.1. The molecule has 2 aromatic carbocycles. The number of anilines is 3. The molecule has 1 aromatic heterocycles. The lowest BCUT2D eigenvalue weighted by Gasteiger charge is -2.31. The average molecular weight is 539 g/mol. The number of rotatable bonds is 12. The van der Waals surface area contributed by atoms with E-state index < -0.39 is 6.10 Å². The summed E-state index contributed by atoms with van der Waals surface area (Å²) in [6, 6.07) is 11.3. The van der Waals surface area contributed by atoms with Crippen LogP contribution in [0.2, 0.25) is 0 Å². The number of nitrogens with zero attached hydrogens (tertiary/aromatic N) is 3. The van der Waals surface area contributed by atoms with Crippen LogP contribution in [0.3, 0.4) is 0 Å². The van der Waals surface area contributed by atoms with E-state index in [1.807, 2.05) is 36.4 Å². The highest BCUT2D eigenvalue weighted by Crippen LogP contribution is 2.36. The number of nitrogen functional groups attached to an aromatic ring is 1. The monoisotopic (exact) mass is 538 g/mol. The van der Waals surface area contributed by atoms with E-state index in [1.165, 1.54) is 6.33 Å². The van der Waals surface area contributed by atoms with Crippen LogP contribution in [0.25, 0.3) is 0 Å². The molecule has 0 radical (unpaired) electrons. The lowest BCUT2D eigenvalue weighted by Crippen LogP contribution is -2.37. The summed E-state index contributed by atoms with van der Waals surface area (Å²) in [5.74, 6) is 9.93. The van der Waals surface area contributed by atoms with Crippen molar-refractivity contribution in [1.82, 2.24) is 9.97 Å². The number of nitrogens with two attached hydrogens (primary N) is 1. The quantitative estimate of drug-likeness (QED) is 0.198. The molecule has 1 heterocycles. The van der Waals surface area contributed by atoms with E-state index in [1.54, 1.807) is 28.4 Å². The Hall–Kier alpha value is -3.96. The fourth-order valence-corrected chi connectivity index (χ4v) is 4.90. The van der Waals surface area contributed by atoms with Gasteiger partial charge in [0.25, 0.3) is 0 Å². The number of nitrogens with one attached hydrogen (secondary N) is 2. The predicted octanol–water partition coefficient (Wildman–Crippen LogP) is 3.72. The van der Waals surface area contributed by atoms with Crippen molar-refractivity contribution in [2.24, 2.45) is 5.84 Å². The molecule has 11 nitrogen and oxygen atoms in total. The van der Waals surface area contributed by atoms with Gasteiger partial charge in [-0.3, -0.25) is 5.84 Å². The summed E-state index contributed by atoms with van der Waals surface area (Å²) in [6.07, 6.45) is 4.70. The second-order valence-corrected chi connectivity index (χ2v) is 9.38. The number of methoxy groups -OCH3 is 4. The number of ether oxygens (including phenoxy) is 4. The maximum Gasteiger partial charge on any atom is 0.159 e. The van der Waals surface area contributed by atoms with Gasteiger partial charge in [-0.05, 0) is 37.1 Å². The van der Waals surface area contributed by atoms with E-state index in [0.717, 1.165) is 36.8 Å². The molecule has 3 aromatic rings. The molecule has 39 heavy (non-hydrogen) atoms. The maximum absolute atomic E-state index is 10.5. The number of aromatic nitrogens is 2. The third-order valence-corrected chi connectivity index (χ3v) is 7.03. The first-order valence-electron chi connectivity index (χ1n) is 12.9. The van der Waals surface area contributed by atoms with Gasteiger partial charge in [0.2, 0.25) is 0 Å². The van der Waals surface area contributed by atoms with Crippen LogP contribution in [0.4, 0.5) is 17.3 Å². The fourth-order valence-electron chi connectivity index (χ4n) is 4.90. The average Bonchev–Trinajstić information content (AvgIpc) is 2.98. The summed E-state index contributed by atoms with van der Waals surface area (Å²) in [6.45, 7) is 0.860. The van der Waals surface area contributed by atoms with Gasteiger partial charge in [-0.1, -0.05) is 12.8 Å². The number of hydrogen-bond acceptors (Lipinski definition) is 11. The van der Waals surface area contributed by atoms with Crippen molar-refractivity contribution >= 4 is 17.3 Å². The van der Waals surface area contributed by atoms with Gasteiger partial charge in [-0.2, -0.15) is 0 Å². The van der Waals surface area contributed by atoms with E-state index in [4.69, 9.17) is 24.8 Å². The first kappa shape index (κ1) is 28.1. The van der Waals surface area contributed by atoms with Crippen LogP contribution >= 0.6 is 0 Å². The summed E-state index contributed by atoms with van der Waals surface area (Å²) in [5, 5.41) is 13.9. The Morgan fingerprint density at radius 1 is 0.872 bits per heavy atom. The second-order valence-electron chi connectivity index (χ2n) is 9.38. The smallest absolute Gasteiger partial charge is 0.159 e. The largest absolute Gasteiger partial charge is 0.497 e. The van der Waals surface area contributed by atoms with Crippen LogP contribution in [-0.4, -0.2) is 55.7 Å². The van der Waals surface area contributed by atoms with Gasteiger partial charge in [0, 0.05) is 36.3 Å². The van der Waals surface area contributed by atoms with Crippen molar-refractivity contribution in [3.8, 4) is 23.0 Å². The third-order valence-electron chi connectivity index (χ3n) is 7.03. The molecule has 11 heteroatoms. The topological polar surface area (TPSA) is 136 Å². The molecule has 210 valence electrons. The minimum absolute atomic E-state index is 0.120. The molecule has 1 fully saturated rings. The molecule has 5 N–H and O–H groups in total. The SMILES string of the molecule is COc1ccc(CN(Cc2ccc(OC)cc2OC)c2ncnc(NC3CCCCC3O)c2NN)c(OC)c1. The zero-order valence-electron chi connectivity index (χ0n) is 22.9. The Bertz CT molecular complexity index is 1190. The van der Waals surface area contributed by atoms with Gasteiger partial charge in [0.1, 0.15) is 35.0 Å². The van der Waals surface area contributed by atoms with Crippen LogP contribution in [-0.2, 0) is 13.1 Å². The van der Waals surface area contributed by atoms with Crippen molar-refractivity contribution in [3.05, 3.63) is 53.9 Å². The summed E-state index contributed by atoms with van der Waals surface area (Å²) in [4.78, 5) is 11.2. The molecule has 0 amide bonds. The predicted molar refractivity (Wildman–Crippen MR) is 151 cm³/mol. The van der Waals surface area contributed by atoms with E-state index in [-0.39, 0.29) is 6.04 Å². The third kappa shape index (κ3) is 6.55. The van der Waals surface area contributed by atoms with E-state index in [9.17, 15) is 5.11 Å². The van der Waals surface area contributed by atoms with Crippen molar-refractivity contribution in [1.29, 1.82) is 0 Å². The molecule has 2 atom stereocenters.